The first-order valence-corrected chi connectivity index (χ1v) is 8.33. The van der Waals surface area contributed by atoms with Crippen molar-refractivity contribution >= 4 is 0 Å². The van der Waals surface area contributed by atoms with Crippen molar-refractivity contribution in [3.63, 3.8) is 0 Å². The van der Waals surface area contributed by atoms with Gasteiger partial charge in [0.15, 0.2) is 5.79 Å². The highest BCUT2D eigenvalue weighted by atomic mass is 19.1. The highest BCUT2D eigenvalue weighted by Crippen LogP contribution is 2.31. The Morgan fingerprint density at radius 2 is 1.79 bits per heavy atom. The molecular formula is C17H21FN4O2. The number of nitrogens with zero attached hydrogens (tertiary/aromatic N) is 4. The molecule has 0 unspecified atom stereocenters. The van der Waals surface area contributed by atoms with E-state index in [9.17, 15) is 4.39 Å². The lowest BCUT2D eigenvalue weighted by Crippen LogP contribution is -2.44. The molecular weight excluding hydrogens is 311 g/mol. The van der Waals surface area contributed by atoms with E-state index in [1.807, 2.05) is 6.92 Å². The molecule has 1 aromatic carbocycles. The lowest BCUT2D eigenvalue weighted by Gasteiger charge is -2.37. The van der Waals surface area contributed by atoms with Gasteiger partial charge in [-0.3, -0.25) is 4.90 Å². The largest absolute Gasteiger partial charge is 0.347 e. The molecule has 7 heteroatoms. The molecule has 24 heavy (non-hydrogen) atoms. The van der Waals surface area contributed by atoms with Crippen molar-refractivity contribution in [2.45, 2.75) is 32.1 Å². The third kappa shape index (κ3) is 2.94. The lowest BCUT2D eigenvalue weighted by atomic mass is 10.0. The van der Waals surface area contributed by atoms with Gasteiger partial charge in [-0.05, 0) is 31.2 Å². The number of benzene rings is 1. The lowest BCUT2D eigenvalue weighted by molar-refractivity contribution is -0.185. The second-order valence-electron chi connectivity index (χ2n) is 6.39. The quantitative estimate of drug-likeness (QED) is 0.861. The van der Waals surface area contributed by atoms with E-state index < -0.39 is 0 Å². The van der Waals surface area contributed by atoms with E-state index in [2.05, 4.69) is 15.2 Å². The Hall–Kier alpha value is -1.83. The number of ether oxygens (including phenoxy) is 2. The topological polar surface area (TPSA) is 52.4 Å². The zero-order chi connectivity index (χ0) is 16.6. The molecule has 0 N–H and O–H groups in total. The van der Waals surface area contributed by atoms with E-state index in [0.717, 1.165) is 49.6 Å². The van der Waals surface area contributed by atoms with E-state index in [4.69, 9.17) is 9.47 Å². The molecule has 1 aromatic heterocycles. The summed E-state index contributed by atoms with van der Waals surface area (Å²) < 4.78 is 26.4. The van der Waals surface area contributed by atoms with Crippen LogP contribution in [0.2, 0.25) is 0 Å². The molecule has 2 saturated heterocycles. The predicted octanol–water partition coefficient (Wildman–Crippen LogP) is 2.05. The minimum Gasteiger partial charge on any atom is -0.347 e. The minimum absolute atomic E-state index is 0.254. The molecule has 2 aliphatic heterocycles. The molecule has 6 nitrogen and oxygen atoms in total. The molecule has 0 atom stereocenters. The fraction of sp³-hybridized carbons (Fsp3) is 0.529. The van der Waals surface area contributed by atoms with E-state index >= 15 is 0 Å². The van der Waals surface area contributed by atoms with Crippen molar-refractivity contribution in [2.75, 3.05) is 26.3 Å². The van der Waals surface area contributed by atoms with Gasteiger partial charge in [0.2, 0.25) is 0 Å². The van der Waals surface area contributed by atoms with Crippen LogP contribution < -0.4 is 0 Å². The Morgan fingerprint density at radius 3 is 2.46 bits per heavy atom. The number of rotatable bonds is 3. The second-order valence-corrected chi connectivity index (χ2v) is 6.39. The first-order chi connectivity index (χ1) is 11.7. The summed E-state index contributed by atoms with van der Waals surface area (Å²) in [7, 11) is 0. The van der Waals surface area contributed by atoms with E-state index in [1.54, 1.807) is 16.8 Å². The fourth-order valence-electron chi connectivity index (χ4n) is 3.38. The molecule has 0 aliphatic carbocycles. The average Bonchev–Trinajstić information content (AvgIpc) is 3.19. The number of piperidine rings is 1. The summed E-state index contributed by atoms with van der Waals surface area (Å²) in [5.74, 6) is -0.604. The molecule has 0 radical (unpaired) electrons. The normalized spacial score (nSPS) is 20.8. The summed E-state index contributed by atoms with van der Waals surface area (Å²) in [4.78, 5) is 2.35. The van der Waals surface area contributed by atoms with Crippen LogP contribution in [0.4, 0.5) is 4.39 Å². The number of likely N-dealkylation sites (tertiary alicyclic amines) is 1. The Bertz CT molecular complexity index is 700. The monoisotopic (exact) mass is 332 g/mol. The van der Waals surface area contributed by atoms with E-state index in [0.29, 0.717) is 13.2 Å². The van der Waals surface area contributed by atoms with Gasteiger partial charge in [-0.25, -0.2) is 9.07 Å². The number of hydrogen-bond donors (Lipinski definition) is 0. The van der Waals surface area contributed by atoms with Crippen molar-refractivity contribution in [3.05, 3.63) is 41.5 Å². The van der Waals surface area contributed by atoms with Gasteiger partial charge in [0.25, 0.3) is 0 Å². The first-order valence-electron chi connectivity index (χ1n) is 8.33. The second kappa shape index (κ2) is 6.23. The summed E-state index contributed by atoms with van der Waals surface area (Å²) in [5.41, 5.74) is 2.75. The Kier molecular flexibility index (Phi) is 4.07. The molecule has 1 spiro atoms. The zero-order valence-electron chi connectivity index (χ0n) is 13.7. The number of aromatic nitrogens is 3. The molecule has 2 aromatic rings. The summed E-state index contributed by atoms with van der Waals surface area (Å²) in [5, 5.41) is 8.53. The Labute approximate surface area is 140 Å². The molecule has 0 amide bonds. The van der Waals surface area contributed by atoms with Crippen LogP contribution in [0, 0.1) is 12.7 Å². The molecule has 0 bridgehead atoms. The van der Waals surface area contributed by atoms with Crippen LogP contribution in [0.15, 0.2) is 24.3 Å². The predicted molar refractivity (Wildman–Crippen MR) is 85.2 cm³/mol. The van der Waals surface area contributed by atoms with Gasteiger partial charge in [-0.15, -0.1) is 5.10 Å². The van der Waals surface area contributed by atoms with Gasteiger partial charge in [-0.1, -0.05) is 5.21 Å². The van der Waals surface area contributed by atoms with Crippen molar-refractivity contribution in [2.24, 2.45) is 0 Å². The summed E-state index contributed by atoms with van der Waals surface area (Å²) in [6.07, 6.45) is 1.77. The maximum absolute atomic E-state index is 13.1. The third-order valence-corrected chi connectivity index (χ3v) is 4.87. The zero-order valence-corrected chi connectivity index (χ0v) is 13.7. The van der Waals surface area contributed by atoms with Crippen molar-refractivity contribution in [1.82, 2.24) is 19.9 Å². The Balaban J connectivity index is 1.43. The van der Waals surface area contributed by atoms with Gasteiger partial charge < -0.3 is 9.47 Å². The van der Waals surface area contributed by atoms with Crippen LogP contribution in [-0.2, 0) is 16.0 Å². The maximum atomic E-state index is 13.1. The average molecular weight is 332 g/mol. The van der Waals surface area contributed by atoms with E-state index in [1.165, 1.54) is 12.1 Å². The van der Waals surface area contributed by atoms with Crippen molar-refractivity contribution in [3.8, 4) is 5.69 Å². The highest BCUT2D eigenvalue weighted by molar-refractivity contribution is 5.33. The summed E-state index contributed by atoms with van der Waals surface area (Å²) in [6.45, 7) is 5.98. The van der Waals surface area contributed by atoms with Crippen LogP contribution in [0.25, 0.3) is 5.69 Å². The minimum atomic E-state index is -0.350. The smallest absolute Gasteiger partial charge is 0.170 e. The van der Waals surface area contributed by atoms with Crippen LogP contribution in [-0.4, -0.2) is 52.0 Å². The van der Waals surface area contributed by atoms with Crippen LogP contribution in [0.1, 0.15) is 24.2 Å². The molecule has 0 saturated carbocycles. The Morgan fingerprint density at radius 1 is 1.12 bits per heavy atom. The number of halogens is 1. The highest BCUT2D eigenvalue weighted by Gasteiger charge is 2.39. The molecule has 128 valence electrons. The van der Waals surface area contributed by atoms with Crippen LogP contribution >= 0.6 is 0 Å². The van der Waals surface area contributed by atoms with E-state index in [-0.39, 0.29) is 11.6 Å². The standard InChI is InChI=1S/C17H21FN4O2/c1-13-16(19-20-22(13)15-4-2-14(18)3-5-15)12-21-8-6-17(7-9-21)23-10-11-24-17/h2-5H,6-12H2,1H3. The summed E-state index contributed by atoms with van der Waals surface area (Å²) in [6, 6.07) is 6.28. The van der Waals surface area contributed by atoms with Gasteiger partial charge in [-0.2, -0.15) is 0 Å². The van der Waals surface area contributed by atoms with Gasteiger partial charge in [0.1, 0.15) is 11.5 Å². The van der Waals surface area contributed by atoms with Crippen molar-refractivity contribution < 1.29 is 13.9 Å². The van der Waals surface area contributed by atoms with Gasteiger partial charge in [0.05, 0.1) is 24.6 Å². The van der Waals surface area contributed by atoms with Crippen molar-refractivity contribution in [1.29, 1.82) is 0 Å². The van der Waals surface area contributed by atoms with Crippen LogP contribution in [0.5, 0.6) is 0 Å². The van der Waals surface area contributed by atoms with Gasteiger partial charge in [0, 0.05) is 32.5 Å². The maximum Gasteiger partial charge on any atom is 0.170 e. The third-order valence-electron chi connectivity index (χ3n) is 4.87. The molecule has 2 fully saturated rings. The number of hydrogen-bond acceptors (Lipinski definition) is 5. The summed E-state index contributed by atoms with van der Waals surface area (Å²) >= 11 is 0. The van der Waals surface area contributed by atoms with Crippen LogP contribution in [0.3, 0.4) is 0 Å². The SMILES string of the molecule is Cc1c(CN2CCC3(CC2)OCCO3)nnn1-c1ccc(F)cc1. The molecule has 3 heterocycles. The molecule has 4 rings (SSSR count). The van der Waals surface area contributed by atoms with Gasteiger partial charge >= 0.3 is 0 Å². The fourth-order valence-corrected chi connectivity index (χ4v) is 3.38. The first kappa shape index (κ1) is 15.7. The molecule has 2 aliphatic rings.